The molecule has 128 valence electrons. The largest absolute Gasteiger partial charge is 0.392 e. The van der Waals surface area contributed by atoms with E-state index in [0.717, 1.165) is 23.7 Å². The summed E-state index contributed by atoms with van der Waals surface area (Å²) in [5, 5.41) is 10.6. The monoisotopic (exact) mass is 410 g/mol. The van der Waals surface area contributed by atoms with Crippen molar-refractivity contribution in [1.29, 1.82) is 0 Å². The second-order valence-electron chi connectivity index (χ2n) is 6.14. The highest BCUT2D eigenvalue weighted by molar-refractivity contribution is 9.10. The number of nitrogens with zero attached hydrogens (tertiary/aromatic N) is 2. The Hall–Kier alpha value is -1.18. The molecule has 0 unspecified atom stereocenters. The van der Waals surface area contributed by atoms with Crippen molar-refractivity contribution in [3.63, 3.8) is 0 Å². The molecule has 3 rings (SSSR count). The molecule has 0 amide bonds. The van der Waals surface area contributed by atoms with E-state index >= 15 is 0 Å². The maximum atomic E-state index is 12.9. The van der Waals surface area contributed by atoms with Crippen molar-refractivity contribution < 1.29 is 9.90 Å². The molecular formula is C17H19BrN2O3S. The molecule has 1 heterocycles. The number of rotatable bonds is 4. The van der Waals surface area contributed by atoms with E-state index in [4.69, 9.17) is 0 Å². The smallest absolute Gasteiger partial charge is 0.262 e. The molecule has 0 spiro atoms. The van der Waals surface area contributed by atoms with Crippen LogP contribution in [0.1, 0.15) is 32.6 Å². The van der Waals surface area contributed by atoms with Gasteiger partial charge in [0.05, 0.1) is 28.8 Å². The molecule has 7 heteroatoms. The molecule has 1 aromatic carbocycles. The fraction of sp³-hybridized carbons (Fsp3) is 0.471. The predicted octanol–water partition coefficient (Wildman–Crippen LogP) is 3.14. The fourth-order valence-corrected chi connectivity index (χ4v) is 4.48. The van der Waals surface area contributed by atoms with E-state index in [0.29, 0.717) is 22.5 Å². The minimum absolute atomic E-state index is 0.154. The normalized spacial score (nSPS) is 19.6. The second-order valence-corrected chi connectivity index (χ2v) is 8.22. The lowest BCUT2D eigenvalue weighted by molar-refractivity contribution is -0.119. The van der Waals surface area contributed by atoms with Gasteiger partial charge < -0.3 is 5.11 Å². The minimum atomic E-state index is -0.671. The molecule has 1 aromatic heterocycles. The molecule has 1 saturated carbocycles. The molecule has 1 aliphatic rings. The third-order valence-electron chi connectivity index (χ3n) is 4.07. The van der Waals surface area contributed by atoms with Crippen LogP contribution in [0, 0.1) is 0 Å². The lowest BCUT2D eigenvalue weighted by Crippen LogP contribution is -2.29. The van der Waals surface area contributed by atoms with Gasteiger partial charge in [0.1, 0.15) is 5.78 Å². The van der Waals surface area contributed by atoms with Crippen molar-refractivity contribution in [3.05, 3.63) is 33.0 Å². The van der Waals surface area contributed by atoms with Crippen LogP contribution in [0.5, 0.6) is 0 Å². The van der Waals surface area contributed by atoms with Crippen molar-refractivity contribution in [2.75, 3.05) is 0 Å². The Morgan fingerprint density at radius 3 is 2.92 bits per heavy atom. The van der Waals surface area contributed by atoms with Crippen molar-refractivity contribution in [3.8, 4) is 0 Å². The summed E-state index contributed by atoms with van der Waals surface area (Å²) in [7, 11) is 0. The van der Waals surface area contributed by atoms with Crippen LogP contribution < -0.4 is 5.56 Å². The zero-order valence-corrected chi connectivity index (χ0v) is 15.8. The number of ketones is 1. The van der Waals surface area contributed by atoms with Crippen molar-refractivity contribution >= 4 is 44.4 Å². The summed E-state index contributed by atoms with van der Waals surface area (Å²) < 4.78 is 2.30. The number of hydrogen-bond acceptors (Lipinski definition) is 5. The first-order valence-corrected chi connectivity index (χ1v) is 9.70. The molecule has 5 nitrogen and oxygen atoms in total. The number of fused-ring (bicyclic) bond motifs is 1. The van der Waals surface area contributed by atoms with E-state index in [2.05, 4.69) is 20.9 Å². The molecule has 0 aliphatic heterocycles. The van der Waals surface area contributed by atoms with Gasteiger partial charge in [-0.15, -0.1) is 0 Å². The molecule has 0 bridgehead atoms. The van der Waals surface area contributed by atoms with Gasteiger partial charge in [-0.2, -0.15) is 0 Å². The highest BCUT2D eigenvalue weighted by Gasteiger charge is 2.26. The van der Waals surface area contributed by atoms with Gasteiger partial charge in [-0.05, 0) is 38.0 Å². The Morgan fingerprint density at radius 1 is 1.42 bits per heavy atom. The van der Waals surface area contributed by atoms with Crippen LogP contribution in [0.25, 0.3) is 10.9 Å². The number of halogens is 1. The van der Waals surface area contributed by atoms with Gasteiger partial charge in [0.2, 0.25) is 0 Å². The standard InChI is InChI=1S/C17H19BrN2O3S/c1-10(21)9-20-16(23)12-8-11(18)6-7-13(12)19-17(20)24-15-5-3-2-4-14(15)22/h6-8,10,15,21H,2-5,9H2,1H3/t10-,15-/m0/s1. The third-order valence-corrected chi connectivity index (χ3v) is 5.87. The maximum Gasteiger partial charge on any atom is 0.262 e. The SMILES string of the molecule is C[C@H](O)Cn1c(S[C@H]2CCCCC2=O)nc2ccc(Br)cc2c1=O. The van der Waals surface area contributed by atoms with Gasteiger partial charge in [-0.1, -0.05) is 34.1 Å². The van der Waals surface area contributed by atoms with Gasteiger partial charge >= 0.3 is 0 Å². The number of carbonyl (C=O) groups excluding carboxylic acids is 1. The Kier molecular flexibility index (Phi) is 5.42. The van der Waals surface area contributed by atoms with E-state index in [1.807, 2.05) is 6.07 Å². The summed E-state index contributed by atoms with van der Waals surface area (Å²) in [6, 6.07) is 5.37. The van der Waals surface area contributed by atoms with Gasteiger partial charge in [0.25, 0.3) is 5.56 Å². The van der Waals surface area contributed by atoms with Crippen molar-refractivity contribution in [2.24, 2.45) is 0 Å². The summed E-state index contributed by atoms with van der Waals surface area (Å²) >= 11 is 4.73. The first kappa shape index (κ1) is 17.6. The summed E-state index contributed by atoms with van der Waals surface area (Å²) in [6.07, 6.45) is 2.70. The summed E-state index contributed by atoms with van der Waals surface area (Å²) in [4.78, 5) is 29.6. The molecular weight excluding hydrogens is 392 g/mol. The summed E-state index contributed by atoms with van der Waals surface area (Å²) in [5.41, 5.74) is 0.420. The minimum Gasteiger partial charge on any atom is -0.392 e. The molecule has 0 radical (unpaired) electrons. The number of hydrogen-bond donors (Lipinski definition) is 1. The van der Waals surface area contributed by atoms with E-state index in [1.165, 1.54) is 16.3 Å². The van der Waals surface area contributed by atoms with Crippen LogP contribution in [0.2, 0.25) is 0 Å². The first-order valence-electron chi connectivity index (χ1n) is 8.03. The number of thioether (sulfide) groups is 1. The van der Waals surface area contributed by atoms with Gasteiger partial charge in [-0.3, -0.25) is 14.2 Å². The average Bonchev–Trinajstić information content (AvgIpc) is 2.54. The predicted molar refractivity (Wildman–Crippen MR) is 98.5 cm³/mol. The van der Waals surface area contributed by atoms with E-state index in [-0.39, 0.29) is 23.1 Å². The molecule has 24 heavy (non-hydrogen) atoms. The first-order chi connectivity index (χ1) is 11.5. The van der Waals surface area contributed by atoms with E-state index in [9.17, 15) is 14.7 Å². The average molecular weight is 411 g/mol. The second kappa shape index (κ2) is 7.37. The van der Waals surface area contributed by atoms with Crippen molar-refractivity contribution in [2.45, 2.75) is 55.7 Å². The Morgan fingerprint density at radius 2 is 2.21 bits per heavy atom. The number of benzene rings is 1. The lowest BCUT2D eigenvalue weighted by atomic mass is 9.99. The fourth-order valence-electron chi connectivity index (χ4n) is 2.89. The van der Waals surface area contributed by atoms with Crippen LogP contribution in [-0.2, 0) is 11.3 Å². The molecule has 1 aliphatic carbocycles. The Labute approximate surface area is 152 Å². The topological polar surface area (TPSA) is 72.2 Å². The third kappa shape index (κ3) is 3.73. The highest BCUT2D eigenvalue weighted by atomic mass is 79.9. The van der Waals surface area contributed by atoms with E-state index in [1.54, 1.807) is 19.1 Å². The van der Waals surface area contributed by atoms with E-state index < -0.39 is 6.10 Å². The quantitative estimate of drug-likeness (QED) is 0.783. The van der Waals surface area contributed by atoms with Gasteiger partial charge in [-0.25, -0.2) is 4.98 Å². The van der Waals surface area contributed by atoms with Crippen LogP contribution in [0.3, 0.4) is 0 Å². The van der Waals surface area contributed by atoms with Crippen LogP contribution >= 0.6 is 27.7 Å². The van der Waals surface area contributed by atoms with Gasteiger partial charge in [0.15, 0.2) is 5.16 Å². The number of aromatic nitrogens is 2. The summed E-state index contributed by atoms with van der Waals surface area (Å²) in [6.45, 7) is 1.80. The summed E-state index contributed by atoms with van der Waals surface area (Å²) in [5.74, 6) is 0.222. The van der Waals surface area contributed by atoms with Crippen LogP contribution in [0.4, 0.5) is 0 Å². The van der Waals surface area contributed by atoms with Gasteiger partial charge in [0, 0.05) is 10.9 Å². The maximum absolute atomic E-state index is 12.9. The zero-order valence-electron chi connectivity index (χ0n) is 13.4. The number of aliphatic hydroxyl groups excluding tert-OH is 1. The van der Waals surface area contributed by atoms with Crippen LogP contribution in [-0.4, -0.2) is 31.8 Å². The zero-order chi connectivity index (χ0) is 17.3. The van der Waals surface area contributed by atoms with Crippen molar-refractivity contribution in [1.82, 2.24) is 9.55 Å². The molecule has 1 N–H and O–H groups in total. The molecule has 2 aromatic rings. The molecule has 2 atom stereocenters. The van der Waals surface area contributed by atoms with Crippen LogP contribution in [0.15, 0.2) is 32.6 Å². The molecule has 0 saturated heterocycles. The Bertz CT molecular complexity index is 834. The number of aliphatic hydroxyl groups is 1. The highest BCUT2D eigenvalue weighted by Crippen LogP contribution is 2.31. The number of carbonyl (C=O) groups is 1. The molecule has 1 fully saturated rings. The number of Topliss-reactive ketones (excluding diaryl/α,β-unsaturated/α-hetero) is 1. The Balaban J connectivity index is 2.08. The lowest BCUT2D eigenvalue weighted by Gasteiger charge is -2.21.